The molecule has 0 radical (unpaired) electrons. The minimum absolute atomic E-state index is 0.0484. The van der Waals surface area contributed by atoms with Crippen molar-refractivity contribution in [1.82, 2.24) is 20.4 Å². The van der Waals surface area contributed by atoms with Crippen molar-refractivity contribution in [3.63, 3.8) is 0 Å². The molecular formula is C18H30N4O2. The van der Waals surface area contributed by atoms with Gasteiger partial charge in [0.25, 0.3) is 0 Å². The molecule has 0 unspecified atom stereocenters. The van der Waals surface area contributed by atoms with Gasteiger partial charge in [0, 0.05) is 37.4 Å². The van der Waals surface area contributed by atoms with Gasteiger partial charge in [-0.2, -0.15) is 5.10 Å². The van der Waals surface area contributed by atoms with Crippen molar-refractivity contribution in [2.75, 3.05) is 13.2 Å². The van der Waals surface area contributed by atoms with Crippen LogP contribution in [-0.4, -0.2) is 41.1 Å². The Kier molecular flexibility index (Phi) is 5.43. The first-order valence-electron chi connectivity index (χ1n) is 9.20. The van der Waals surface area contributed by atoms with Crippen LogP contribution >= 0.6 is 0 Å². The predicted molar refractivity (Wildman–Crippen MR) is 92.9 cm³/mol. The SMILES string of the molecule is Cc1cc(C)n(C[C@H](C)CNC(=O)N[C@@H]2CCC[C@@H]3OCC[C@H]32)n1. The maximum absolute atomic E-state index is 12.2. The number of carbonyl (C=O) groups excluding carboxylic acids is 1. The van der Waals surface area contributed by atoms with Crippen LogP contribution in [0.25, 0.3) is 0 Å². The van der Waals surface area contributed by atoms with Crippen LogP contribution in [0, 0.1) is 25.7 Å². The van der Waals surface area contributed by atoms with Crippen molar-refractivity contribution in [1.29, 1.82) is 0 Å². The number of aromatic nitrogens is 2. The Bertz CT molecular complexity index is 571. The van der Waals surface area contributed by atoms with Crippen LogP contribution in [0.5, 0.6) is 0 Å². The van der Waals surface area contributed by atoms with Gasteiger partial charge in [0.15, 0.2) is 0 Å². The third-order valence-electron chi connectivity index (χ3n) is 5.30. The van der Waals surface area contributed by atoms with Crippen LogP contribution in [0.2, 0.25) is 0 Å². The highest BCUT2D eigenvalue weighted by molar-refractivity contribution is 5.74. The molecule has 0 spiro atoms. The summed E-state index contributed by atoms with van der Waals surface area (Å²) in [6.45, 7) is 8.52. The van der Waals surface area contributed by atoms with Crippen LogP contribution in [-0.2, 0) is 11.3 Å². The van der Waals surface area contributed by atoms with Crippen molar-refractivity contribution in [3.8, 4) is 0 Å². The van der Waals surface area contributed by atoms with E-state index >= 15 is 0 Å². The number of urea groups is 1. The fourth-order valence-corrected chi connectivity index (χ4v) is 4.06. The molecule has 1 aromatic heterocycles. The first kappa shape index (κ1) is 17.3. The van der Waals surface area contributed by atoms with E-state index in [0.29, 0.717) is 24.5 Å². The number of hydrogen-bond donors (Lipinski definition) is 2. The zero-order valence-electron chi connectivity index (χ0n) is 15.0. The van der Waals surface area contributed by atoms with Gasteiger partial charge in [0.05, 0.1) is 11.8 Å². The van der Waals surface area contributed by atoms with Crippen molar-refractivity contribution in [2.24, 2.45) is 11.8 Å². The number of ether oxygens (including phenoxy) is 1. The van der Waals surface area contributed by atoms with Crippen LogP contribution < -0.4 is 10.6 Å². The standard InChI is InChI=1S/C18H30N4O2/c1-12(11-22-14(3)9-13(2)21-22)10-19-18(23)20-16-5-4-6-17-15(16)7-8-24-17/h9,12,15-17H,4-8,10-11H2,1-3H3,(H2,19,20,23)/t12-,15+,16-,17+/m1/s1. The van der Waals surface area contributed by atoms with Crippen molar-refractivity contribution in [3.05, 3.63) is 17.5 Å². The Morgan fingerprint density at radius 2 is 2.25 bits per heavy atom. The average molecular weight is 334 g/mol. The number of carbonyl (C=O) groups is 1. The molecule has 134 valence electrons. The molecule has 2 fully saturated rings. The van der Waals surface area contributed by atoms with E-state index in [1.54, 1.807) is 0 Å². The van der Waals surface area contributed by atoms with E-state index in [4.69, 9.17) is 4.74 Å². The molecule has 24 heavy (non-hydrogen) atoms. The maximum atomic E-state index is 12.2. The van der Waals surface area contributed by atoms with Crippen LogP contribution in [0.1, 0.15) is 44.0 Å². The topological polar surface area (TPSA) is 68.2 Å². The quantitative estimate of drug-likeness (QED) is 0.869. The number of nitrogens with one attached hydrogen (secondary N) is 2. The summed E-state index contributed by atoms with van der Waals surface area (Å²) < 4.78 is 7.78. The third kappa shape index (κ3) is 4.09. The molecule has 1 saturated heterocycles. The summed E-state index contributed by atoms with van der Waals surface area (Å²) in [5.74, 6) is 0.833. The third-order valence-corrected chi connectivity index (χ3v) is 5.30. The molecule has 2 heterocycles. The lowest BCUT2D eigenvalue weighted by Crippen LogP contribution is -2.50. The molecule has 6 nitrogen and oxygen atoms in total. The molecule has 1 aliphatic heterocycles. The summed E-state index contributed by atoms with van der Waals surface area (Å²) in [6.07, 6.45) is 4.78. The molecule has 1 aliphatic carbocycles. The summed E-state index contributed by atoms with van der Waals surface area (Å²) in [5.41, 5.74) is 2.20. The molecule has 3 rings (SSSR count). The molecule has 2 amide bonds. The second-order valence-electron chi connectivity index (χ2n) is 7.47. The average Bonchev–Trinajstić information content (AvgIpc) is 3.13. The highest BCUT2D eigenvalue weighted by atomic mass is 16.5. The lowest BCUT2D eigenvalue weighted by atomic mass is 9.82. The summed E-state index contributed by atoms with van der Waals surface area (Å²) in [7, 11) is 0. The molecule has 1 aromatic rings. The Labute approximate surface area is 144 Å². The molecule has 2 aliphatic rings. The number of nitrogens with zero attached hydrogens (tertiary/aromatic N) is 2. The molecule has 0 aromatic carbocycles. The second kappa shape index (κ2) is 7.55. The Balaban J connectivity index is 1.42. The highest BCUT2D eigenvalue weighted by Crippen LogP contribution is 2.34. The Hall–Kier alpha value is -1.56. The van der Waals surface area contributed by atoms with E-state index in [2.05, 4.69) is 35.6 Å². The number of aryl methyl sites for hydroxylation is 2. The Morgan fingerprint density at radius 3 is 3.00 bits per heavy atom. The second-order valence-corrected chi connectivity index (χ2v) is 7.47. The van der Waals surface area contributed by atoms with Crippen LogP contribution in [0.15, 0.2) is 6.07 Å². The van der Waals surface area contributed by atoms with Gasteiger partial charge in [-0.3, -0.25) is 4.68 Å². The number of amides is 2. The fourth-order valence-electron chi connectivity index (χ4n) is 4.06. The number of fused-ring (bicyclic) bond motifs is 1. The molecular weight excluding hydrogens is 304 g/mol. The van der Waals surface area contributed by atoms with Gasteiger partial charge in [0.1, 0.15) is 0 Å². The zero-order valence-corrected chi connectivity index (χ0v) is 15.0. The lowest BCUT2D eigenvalue weighted by Gasteiger charge is -2.33. The van der Waals surface area contributed by atoms with E-state index in [9.17, 15) is 4.79 Å². The summed E-state index contributed by atoms with van der Waals surface area (Å²) in [6, 6.07) is 2.29. The molecule has 6 heteroatoms. The van der Waals surface area contributed by atoms with Gasteiger partial charge in [-0.1, -0.05) is 6.92 Å². The summed E-state index contributed by atoms with van der Waals surface area (Å²) in [5, 5.41) is 10.7. The lowest BCUT2D eigenvalue weighted by molar-refractivity contribution is 0.0549. The zero-order chi connectivity index (χ0) is 17.1. The first-order chi connectivity index (χ1) is 11.5. The van der Waals surface area contributed by atoms with Crippen molar-refractivity contribution < 1.29 is 9.53 Å². The van der Waals surface area contributed by atoms with Gasteiger partial charge >= 0.3 is 6.03 Å². The highest BCUT2D eigenvalue weighted by Gasteiger charge is 2.38. The number of rotatable bonds is 5. The van der Waals surface area contributed by atoms with E-state index in [1.807, 2.05) is 11.6 Å². The predicted octanol–water partition coefficient (Wildman–Crippen LogP) is 2.39. The van der Waals surface area contributed by atoms with E-state index in [1.165, 1.54) is 5.69 Å². The first-order valence-corrected chi connectivity index (χ1v) is 9.20. The van der Waals surface area contributed by atoms with Crippen LogP contribution in [0.3, 0.4) is 0 Å². The minimum atomic E-state index is -0.0484. The van der Waals surface area contributed by atoms with Crippen LogP contribution in [0.4, 0.5) is 4.79 Å². The molecule has 1 saturated carbocycles. The molecule has 2 N–H and O–H groups in total. The van der Waals surface area contributed by atoms with Gasteiger partial charge < -0.3 is 15.4 Å². The van der Waals surface area contributed by atoms with E-state index in [0.717, 1.165) is 44.5 Å². The monoisotopic (exact) mass is 334 g/mol. The fraction of sp³-hybridized carbons (Fsp3) is 0.778. The Morgan fingerprint density at radius 1 is 1.42 bits per heavy atom. The summed E-state index contributed by atoms with van der Waals surface area (Å²) >= 11 is 0. The van der Waals surface area contributed by atoms with Crippen molar-refractivity contribution in [2.45, 2.75) is 65.1 Å². The van der Waals surface area contributed by atoms with E-state index < -0.39 is 0 Å². The number of hydrogen-bond acceptors (Lipinski definition) is 3. The van der Waals surface area contributed by atoms with Gasteiger partial charge in [-0.25, -0.2) is 4.79 Å². The largest absolute Gasteiger partial charge is 0.378 e. The van der Waals surface area contributed by atoms with Gasteiger partial charge in [-0.15, -0.1) is 0 Å². The van der Waals surface area contributed by atoms with Gasteiger partial charge in [0.2, 0.25) is 0 Å². The van der Waals surface area contributed by atoms with Gasteiger partial charge in [-0.05, 0) is 51.5 Å². The summed E-state index contributed by atoms with van der Waals surface area (Å²) in [4.78, 5) is 12.2. The van der Waals surface area contributed by atoms with Crippen molar-refractivity contribution >= 4 is 6.03 Å². The smallest absolute Gasteiger partial charge is 0.315 e. The van der Waals surface area contributed by atoms with E-state index in [-0.39, 0.29) is 12.1 Å². The normalized spacial score (nSPS) is 27.5. The molecule has 0 bridgehead atoms. The minimum Gasteiger partial charge on any atom is -0.378 e. The maximum Gasteiger partial charge on any atom is 0.315 e. The molecule has 4 atom stereocenters.